The van der Waals surface area contributed by atoms with E-state index in [0.717, 1.165) is 16.7 Å². The first-order valence-corrected chi connectivity index (χ1v) is 10.3. The Kier molecular flexibility index (Phi) is 17.1. The van der Waals surface area contributed by atoms with Gasteiger partial charge in [-0.2, -0.15) is 16.7 Å². The Labute approximate surface area is 216 Å². The van der Waals surface area contributed by atoms with Gasteiger partial charge in [-0.05, 0) is 20.8 Å². The zero-order chi connectivity index (χ0) is 24.3. The van der Waals surface area contributed by atoms with Crippen LogP contribution in [0.3, 0.4) is 0 Å². The first-order chi connectivity index (χ1) is 15.9. The van der Waals surface area contributed by atoms with Gasteiger partial charge >= 0.3 is 0 Å². The second-order valence-electron chi connectivity index (χ2n) is 6.77. The van der Waals surface area contributed by atoms with Crippen LogP contribution in [0.15, 0.2) is 91.0 Å². The summed E-state index contributed by atoms with van der Waals surface area (Å²) in [6.45, 7) is 4.46. The standard InChI is InChI=1S/3C10H9O.Pd/c3*1-9(11)7-8-10-5-3-2-4-6-10;/h3*2-6,8H,1H3;/q3*-1;. The van der Waals surface area contributed by atoms with Crippen molar-refractivity contribution in [1.82, 2.24) is 0 Å². The van der Waals surface area contributed by atoms with Crippen LogP contribution < -0.4 is 0 Å². The van der Waals surface area contributed by atoms with E-state index in [4.69, 9.17) is 0 Å². The normalized spacial score (nSPS) is 9.97. The molecule has 0 radical (unpaired) electrons. The van der Waals surface area contributed by atoms with Crippen LogP contribution in [0.4, 0.5) is 0 Å². The first-order valence-electron chi connectivity index (χ1n) is 10.3. The summed E-state index contributed by atoms with van der Waals surface area (Å²) in [6.07, 6.45) is 12.8. The molecular formula is C30H27O3Pd-3. The van der Waals surface area contributed by atoms with Gasteiger partial charge in [0.05, 0.1) is 17.3 Å². The Bertz CT molecular complexity index is 926. The van der Waals surface area contributed by atoms with Crippen LogP contribution in [-0.4, -0.2) is 17.3 Å². The Hall–Kier alpha value is -3.45. The summed E-state index contributed by atoms with van der Waals surface area (Å²) < 4.78 is 0. The van der Waals surface area contributed by atoms with Crippen LogP contribution in [-0.2, 0) is 34.8 Å². The number of rotatable bonds is 6. The van der Waals surface area contributed by atoms with Gasteiger partial charge in [0.2, 0.25) is 0 Å². The topological polar surface area (TPSA) is 51.2 Å². The quantitative estimate of drug-likeness (QED) is 0.210. The van der Waals surface area contributed by atoms with Gasteiger partial charge in [-0.25, -0.2) is 36.5 Å². The first kappa shape index (κ1) is 30.6. The molecule has 0 aliphatic rings. The number of ketones is 3. The molecular weight excluding hydrogens is 515 g/mol. The summed E-state index contributed by atoms with van der Waals surface area (Å²) in [5.41, 5.74) is 3.01. The van der Waals surface area contributed by atoms with Gasteiger partial charge in [-0.3, -0.25) is 0 Å². The van der Waals surface area contributed by atoms with Crippen LogP contribution >= 0.6 is 0 Å². The van der Waals surface area contributed by atoms with Crippen molar-refractivity contribution in [2.45, 2.75) is 20.8 Å². The molecule has 0 aliphatic heterocycles. The van der Waals surface area contributed by atoms with E-state index in [-0.39, 0.29) is 37.8 Å². The number of hydrogen-bond donors (Lipinski definition) is 0. The maximum absolute atomic E-state index is 10.5. The summed E-state index contributed by atoms with van der Waals surface area (Å²) in [6, 6.07) is 28.9. The SMILES string of the molecule is CC(=O)[C-]=Cc1ccccc1.CC(=O)[C-]=Cc1ccccc1.CC(=O)[C-]=Cc1ccccc1.[Pd]. The van der Waals surface area contributed by atoms with E-state index in [9.17, 15) is 14.4 Å². The molecule has 3 aromatic carbocycles. The molecule has 0 aromatic heterocycles. The maximum Gasteiger partial charge on any atom is 0.0636 e. The molecule has 0 heterocycles. The molecule has 0 atom stereocenters. The number of hydrogen-bond acceptors (Lipinski definition) is 3. The van der Waals surface area contributed by atoms with Crippen LogP contribution in [0.25, 0.3) is 18.2 Å². The van der Waals surface area contributed by atoms with Gasteiger partial charge in [0.1, 0.15) is 0 Å². The Morgan fingerprint density at radius 2 is 0.676 bits per heavy atom. The van der Waals surface area contributed by atoms with Gasteiger partial charge in [-0.1, -0.05) is 54.6 Å². The molecule has 3 nitrogen and oxygen atoms in total. The minimum absolute atomic E-state index is 0. The van der Waals surface area contributed by atoms with Gasteiger partial charge in [-0.15, -0.1) is 36.4 Å². The van der Waals surface area contributed by atoms with E-state index in [0.29, 0.717) is 0 Å². The Morgan fingerprint density at radius 1 is 0.471 bits per heavy atom. The van der Waals surface area contributed by atoms with Crippen LogP contribution in [0, 0.1) is 18.2 Å². The van der Waals surface area contributed by atoms with E-state index in [1.54, 1.807) is 18.2 Å². The van der Waals surface area contributed by atoms with Crippen molar-refractivity contribution in [2.24, 2.45) is 0 Å². The molecule has 0 bridgehead atoms. The van der Waals surface area contributed by atoms with Crippen LogP contribution in [0.2, 0.25) is 0 Å². The average Bonchev–Trinajstić information content (AvgIpc) is 2.83. The summed E-state index contributed by atoms with van der Waals surface area (Å²) in [5.74, 6) is -0.142. The van der Waals surface area contributed by atoms with Gasteiger partial charge in [0.15, 0.2) is 0 Å². The van der Waals surface area contributed by atoms with E-state index < -0.39 is 0 Å². The van der Waals surface area contributed by atoms with Crippen molar-refractivity contribution < 1.29 is 34.8 Å². The van der Waals surface area contributed by atoms with Crippen molar-refractivity contribution in [2.75, 3.05) is 0 Å². The molecule has 34 heavy (non-hydrogen) atoms. The number of carbonyl (C=O) groups excluding carboxylic acids is 3. The molecule has 0 saturated heterocycles. The zero-order valence-electron chi connectivity index (χ0n) is 19.4. The molecule has 0 saturated carbocycles. The number of allylic oxidation sites excluding steroid dienone is 3. The third kappa shape index (κ3) is 17.1. The predicted octanol–water partition coefficient (Wildman–Crippen LogP) is 6.27. The van der Waals surface area contributed by atoms with Crippen molar-refractivity contribution in [3.05, 3.63) is 126 Å². The molecule has 178 valence electrons. The molecule has 0 spiro atoms. The van der Waals surface area contributed by atoms with Gasteiger partial charge < -0.3 is 14.4 Å². The van der Waals surface area contributed by atoms with Crippen LogP contribution in [0.5, 0.6) is 0 Å². The van der Waals surface area contributed by atoms with Crippen molar-refractivity contribution in [1.29, 1.82) is 0 Å². The van der Waals surface area contributed by atoms with Crippen LogP contribution in [0.1, 0.15) is 37.5 Å². The Balaban J connectivity index is 0.000000473. The van der Waals surface area contributed by atoms with E-state index in [1.807, 2.05) is 91.0 Å². The smallest absolute Gasteiger partial charge is 0.0636 e. The second kappa shape index (κ2) is 19.1. The third-order valence-electron chi connectivity index (χ3n) is 3.73. The molecule has 0 unspecified atom stereocenters. The van der Waals surface area contributed by atoms with E-state index >= 15 is 0 Å². The molecule has 3 aromatic rings. The number of Topliss-reactive ketones (excluding diaryl/α,β-unsaturated/α-hetero) is 3. The van der Waals surface area contributed by atoms with E-state index in [2.05, 4.69) is 18.2 Å². The Morgan fingerprint density at radius 3 is 0.853 bits per heavy atom. The summed E-state index contributed by atoms with van der Waals surface area (Å²) in [7, 11) is 0. The van der Waals surface area contributed by atoms with Gasteiger partial charge in [0, 0.05) is 20.4 Å². The molecule has 0 fully saturated rings. The fourth-order valence-corrected chi connectivity index (χ4v) is 2.20. The van der Waals surface area contributed by atoms with E-state index in [1.165, 1.54) is 20.8 Å². The zero-order valence-corrected chi connectivity index (χ0v) is 21.0. The minimum atomic E-state index is -0.0474. The largest absolute Gasteiger partial charge is 0.317 e. The average molecular weight is 542 g/mol. The molecule has 4 heteroatoms. The van der Waals surface area contributed by atoms with Crippen molar-refractivity contribution in [3.8, 4) is 0 Å². The fraction of sp³-hybridized carbons (Fsp3) is 0.100. The number of benzene rings is 3. The molecule has 0 amide bonds. The second-order valence-corrected chi connectivity index (χ2v) is 6.77. The maximum atomic E-state index is 10.5. The van der Waals surface area contributed by atoms with Crippen molar-refractivity contribution in [3.63, 3.8) is 0 Å². The summed E-state index contributed by atoms with van der Waals surface area (Å²) in [4.78, 5) is 31.4. The molecule has 0 aliphatic carbocycles. The number of carbonyl (C=O) groups is 3. The minimum Gasteiger partial charge on any atom is -0.317 e. The summed E-state index contributed by atoms with van der Waals surface area (Å²) in [5, 5.41) is 0. The third-order valence-corrected chi connectivity index (χ3v) is 3.73. The van der Waals surface area contributed by atoms with Crippen molar-refractivity contribution >= 4 is 35.6 Å². The van der Waals surface area contributed by atoms with Gasteiger partial charge in [0.25, 0.3) is 0 Å². The molecule has 0 N–H and O–H groups in total. The predicted molar refractivity (Wildman–Crippen MR) is 134 cm³/mol. The molecule has 3 rings (SSSR count). The summed E-state index contributed by atoms with van der Waals surface area (Å²) >= 11 is 0. The monoisotopic (exact) mass is 541 g/mol. The fourth-order valence-electron chi connectivity index (χ4n) is 2.20.